The summed E-state index contributed by atoms with van der Waals surface area (Å²) < 4.78 is 40.7. The van der Waals surface area contributed by atoms with Crippen molar-refractivity contribution in [3.8, 4) is 11.8 Å². The summed E-state index contributed by atoms with van der Waals surface area (Å²) in [6.45, 7) is -4.68. The van der Waals surface area contributed by atoms with Crippen molar-refractivity contribution in [2.75, 3.05) is 6.61 Å². The number of rotatable bonds is 5. The Bertz CT molecular complexity index is 375. The molecule has 0 aliphatic carbocycles. The van der Waals surface area contributed by atoms with Gasteiger partial charge in [-0.15, -0.1) is 0 Å². The minimum atomic E-state index is -4.72. The van der Waals surface area contributed by atoms with E-state index in [1.807, 2.05) is 6.07 Å². The minimum Gasteiger partial charge on any atom is -0.494 e. The van der Waals surface area contributed by atoms with Crippen molar-refractivity contribution in [3.63, 3.8) is 0 Å². The number of halogens is 3. The van der Waals surface area contributed by atoms with Crippen LogP contribution in [0.5, 0.6) is 5.75 Å². The predicted molar refractivity (Wildman–Crippen MR) is 55.2 cm³/mol. The molecule has 0 N–H and O–H groups in total. The fourth-order valence-corrected chi connectivity index (χ4v) is 1.13. The molecule has 0 saturated heterocycles. The molecule has 0 heterocycles. The number of ether oxygens (including phenoxy) is 1. The smallest absolute Gasteiger partial charge is 0.494 e. The van der Waals surface area contributed by atoms with Gasteiger partial charge in [0.15, 0.2) is 0 Å². The van der Waals surface area contributed by atoms with Gasteiger partial charge in [0, 0.05) is 0 Å². The van der Waals surface area contributed by atoms with Crippen LogP contribution in [0.4, 0.5) is 12.9 Å². The molecule has 0 bridgehead atoms. The van der Waals surface area contributed by atoms with Crippen LogP contribution < -0.4 is 56.1 Å². The molecule has 0 fully saturated rings. The molecule has 2 nitrogen and oxygen atoms in total. The van der Waals surface area contributed by atoms with Crippen LogP contribution in [0.25, 0.3) is 0 Å². The van der Waals surface area contributed by atoms with Gasteiger partial charge in [0.1, 0.15) is 5.75 Å². The van der Waals surface area contributed by atoms with Gasteiger partial charge in [-0.1, -0.05) is 6.32 Å². The number of nitrogens with zero attached hydrogens (tertiary/aromatic N) is 1. The van der Waals surface area contributed by atoms with Gasteiger partial charge in [-0.2, -0.15) is 5.26 Å². The first-order valence-electron chi connectivity index (χ1n) is 4.85. The first kappa shape index (κ1) is 17.0. The zero-order valence-corrected chi connectivity index (χ0v) is 12.6. The van der Waals surface area contributed by atoms with Gasteiger partial charge < -0.3 is 17.7 Å². The molecule has 7 heteroatoms. The Morgan fingerprint density at radius 2 is 1.76 bits per heavy atom. The first-order valence-corrected chi connectivity index (χ1v) is 4.85. The Kier molecular flexibility index (Phi) is 8.16. The Morgan fingerprint density at radius 1 is 1.18 bits per heavy atom. The van der Waals surface area contributed by atoms with Crippen molar-refractivity contribution in [3.05, 3.63) is 29.8 Å². The van der Waals surface area contributed by atoms with Crippen molar-refractivity contribution in [2.45, 2.75) is 12.7 Å². The van der Waals surface area contributed by atoms with Crippen LogP contribution in [0.3, 0.4) is 0 Å². The summed E-state index contributed by atoms with van der Waals surface area (Å²) in [5.74, 6) is 0.480. The van der Waals surface area contributed by atoms with Crippen molar-refractivity contribution < 1.29 is 69.1 Å². The second-order valence-electron chi connectivity index (χ2n) is 3.34. The normalized spacial score (nSPS) is 10.2. The zero-order chi connectivity index (χ0) is 12.0. The summed E-state index contributed by atoms with van der Waals surface area (Å²) in [5.41, 5.74) is 0.492. The van der Waals surface area contributed by atoms with Crippen LogP contribution >= 0.6 is 0 Å². The molecule has 1 aromatic rings. The van der Waals surface area contributed by atoms with E-state index >= 15 is 0 Å². The number of hydrogen-bond acceptors (Lipinski definition) is 2. The molecule has 0 spiro atoms. The van der Waals surface area contributed by atoms with E-state index in [0.717, 1.165) is 0 Å². The third-order valence-electron chi connectivity index (χ3n) is 1.93. The van der Waals surface area contributed by atoms with Crippen LogP contribution in [-0.4, -0.2) is 13.6 Å². The molecule has 0 aliphatic heterocycles. The third kappa shape index (κ3) is 7.84. The Labute approximate surface area is 141 Å². The topological polar surface area (TPSA) is 33.0 Å². The standard InChI is InChI=1S/C10H10BF3NO.K/c12-11(13,14)6-1-7-16-10-4-2-9(8-15)3-5-10;/h2-5H,1,6-7H2;/q-1;+1. The summed E-state index contributed by atoms with van der Waals surface area (Å²) in [6.07, 6.45) is -0.820. The molecular weight excluding hydrogens is 257 g/mol. The second-order valence-corrected chi connectivity index (χ2v) is 3.34. The van der Waals surface area contributed by atoms with E-state index in [-0.39, 0.29) is 64.4 Å². The number of benzene rings is 1. The predicted octanol–water partition coefficient (Wildman–Crippen LogP) is 0.179. The summed E-state index contributed by atoms with van der Waals surface area (Å²) in [4.78, 5) is 0. The Hall–Kier alpha value is 0.00130. The fourth-order valence-electron chi connectivity index (χ4n) is 1.13. The van der Waals surface area contributed by atoms with E-state index in [9.17, 15) is 12.9 Å². The van der Waals surface area contributed by atoms with Crippen molar-refractivity contribution in [1.29, 1.82) is 5.26 Å². The summed E-state index contributed by atoms with van der Waals surface area (Å²) >= 11 is 0. The van der Waals surface area contributed by atoms with Crippen LogP contribution in [-0.2, 0) is 0 Å². The van der Waals surface area contributed by atoms with Crippen molar-refractivity contribution in [1.82, 2.24) is 0 Å². The molecule has 0 aromatic heterocycles. The van der Waals surface area contributed by atoms with Gasteiger partial charge in [0.25, 0.3) is 0 Å². The van der Waals surface area contributed by atoms with Gasteiger partial charge in [-0.25, -0.2) is 0 Å². The monoisotopic (exact) mass is 267 g/mol. The first-order chi connectivity index (χ1) is 7.51. The van der Waals surface area contributed by atoms with Crippen LogP contribution in [0.1, 0.15) is 12.0 Å². The average Bonchev–Trinajstić information content (AvgIpc) is 2.24. The largest absolute Gasteiger partial charge is 1.00 e. The molecule has 0 aliphatic rings. The van der Waals surface area contributed by atoms with Gasteiger partial charge in [-0.3, -0.25) is 0 Å². The van der Waals surface area contributed by atoms with Crippen molar-refractivity contribution in [2.24, 2.45) is 0 Å². The van der Waals surface area contributed by atoms with Gasteiger partial charge in [0.2, 0.25) is 0 Å². The van der Waals surface area contributed by atoms with Gasteiger partial charge >= 0.3 is 58.4 Å². The second kappa shape index (κ2) is 8.16. The van der Waals surface area contributed by atoms with E-state index in [0.29, 0.717) is 11.3 Å². The molecule has 1 rings (SSSR count). The molecule has 0 saturated carbocycles. The van der Waals surface area contributed by atoms with Crippen molar-refractivity contribution >= 4 is 6.98 Å². The zero-order valence-electron chi connectivity index (χ0n) is 9.50. The molecular formula is C10H10BF3KNO. The van der Waals surface area contributed by atoms with E-state index < -0.39 is 13.3 Å². The maximum absolute atomic E-state index is 11.9. The Morgan fingerprint density at radius 3 is 2.24 bits per heavy atom. The molecule has 0 radical (unpaired) electrons. The maximum Gasteiger partial charge on any atom is 1.00 e. The van der Waals surface area contributed by atoms with E-state index in [1.165, 1.54) is 0 Å². The minimum absolute atomic E-state index is 0. The summed E-state index contributed by atoms with van der Waals surface area (Å²) in [7, 11) is 0. The average molecular weight is 267 g/mol. The summed E-state index contributed by atoms with van der Waals surface area (Å²) in [6, 6.07) is 8.19. The number of hydrogen-bond donors (Lipinski definition) is 0. The van der Waals surface area contributed by atoms with Gasteiger partial charge in [-0.05, 0) is 30.7 Å². The molecule has 0 atom stereocenters. The molecule has 0 amide bonds. The van der Waals surface area contributed by atoms with E-state index in [4.69, 9.17) is 10.00 Å². The maximum atomic E-state index is 11.9. The molecule has 86 valence electrons. The molecule has 17 heavy (non-hydrogen) atoms. The van der Waals surface area contributed by atoms with E-state index in [1.54, 1.807) is 24.3 Å². The quantitative estimate of drug-likeness (QED) is 0.563. The van der Waals surface area contributed by atoms with Crippen LogP contribution in [0.2, 0.25) is 6.32 Å². The number of nitriles is 1. The van der Waals surface area contributed by atoms with Crippen LogP contribution in [0, 0.1) is 11.3 Å². The molecule has 1 aromatic carbocycles. The summed E-state index contributed by atoms with van der Waals surface area (Å²) in [5, 5.41) is 8.52. The molecule has 0 unspecified atom stereocenters. The third-order valence-corrected chi connectivity index (χ3v) is 1.93. The van der Waals surface area contributed by atoms with Gasteiger partial charge in [0.05, 0.1) is 18.2 Å². The fraction of sp³-hybridized carbons (Fsp3) is 0.300. The SMILES string of the molecule is N#Cc1ccc(OCCC[B-](F)(F)F)cc1.[K+]. The van der Waals surface area contributed by atoms with E-state index in [2.05, 4.69) is 0 Å². The van der Waals surface area contributed by atoms with Crippen LogP contribution in [0.15, 0.2) is 24.3 Å². The Balaban J connectivity index is 0.00000256.